The number of nitrogens with zero attached hydrogens (tertiary/aromatic N) is 4. The van der Waals surface area contributed by atoms with Gasteiger partial charge in [-0.25, -0.2) is 4.98 Å². The Morgan fingerprint density at radius 2 is 2.15 bits per heavy atom. The Kier molecular flexibility index (Phi) is 9.33. The van der Waals surface area contributed by atoms with E-state index in [-0.39, 0.29) is 24.0 Å². The van der Waals surface area contributed by atoms with Crippen LogP contribution in [-0.4, -0.2) is 40.9 Å². The first kappa shape index (κ1) is 22.7. The molecule has 0 aliphatic heterocycles. The standard InChI is InChI=1S/C15H21F3N6S.HI/c1-11(9-24-7-3-5-22-24)8-21-14(19-2)20-6-4-13-23-12(10-25-13)15(16,17)18;/h3,5,7,10-11H,4,6,8-9H2,1-2H3,(H2,19,20,21);1H. The van der Waals surface area contributed by atoms with E-state index in [0.29, 0.717) is 36.4 Å². The molecule has 0 saturated heterocycles. The highest BCUT2D eigenvalue weighted by Crippen LogP contribution is 2.29. The van der Waals surface area contributed by atoms with Crippen molar-refractivity contribution in [1.29, 1.82) is 0 Å². The molecule has 1 atom stereocenters. The number of rotatable bonds is 7. The third-order valence-electron chi connectivity index (χ3n) is 3.37. The predicted molar refractivity (Wildman–Crippen MR) is 107 cm³/mol. The van der Waals surface area contributed by atoms with Crippen LogP contribution >= 0.6 is 35.3 Å². The molecular formula is C15H22F3IN6S. The van der Waals surface area contributed by atoms with Gasteiger partial charge < -0.3 is 10.6 Å². The molecule has 1 unspecified atom stereocenters. The van der Waals surface area contributed by atoms with Crippen LogP contribution in [0, 0.1) is 5.92 Å². The summed E-state index contributed by atoms with van der Waals surface area (Å²) in [6.07, 6.45) is -0.328. The Morgan fingerprint density at radius 1 is 1.38 bits per heavy atom. The number of hydrogen-bond donors (Lipinski definition) is 2. The molecule has 0 fully saturated rings. The molecule has 2 heterocycles. The molecule has 146 valence electrons. The molecule has 0 aromatic carbocycles. The lowest BCUT2D eigenvalue weighted by Crippen LogP contribution is -2.40. The largest absolute Gasteiger partial charge is 0.434 e. The maximum absolute atomic E-state index is 12.5. The minimum absolute atomic E-state index is 0. The predicted octanol–water partition coefficient (Wildman–Crippen LogP) is 3.02. The molecule has 26 heavy (non-hydrogen) atoms. The Hall–Kier alpha value is -1.37. The van der Waals surface area contributed by atoms with Crippen LogP contribution in [0.25, 0.3) is 0 Å². The fraction of sp³-hybridized carbons (Fsp3) is 0.533. The summed E-state index contributed by atoms with van der Waals surface area (Å²) in [6.45, 7) is 4.04. The number of alkyl halides is 3. The second kappa shape index (κ2) is 10.7. The van der Waals surface area contributed by atoms with Gasteiger partial charge in [0.1, 0.15) is 0 Å². The molecule has 2 aromatic heterocycles. The lowest BCUT2D eigenvalue weighted by molar-refractivity contribution is -0.140. The topological polar surface area (TPSA) is 67.1 Å². The van der Waals surface area contributed by atoms with Crippen molar-refractivity contribution < 1.29 is 13.2 Å². The molecule has 0 amide bonds. The zero-order chi connectivity index (χ0) is 18.3. The maximum Gasteiger partial charge on any atom is 0.434 e. The van der Waals surface area contributed by atoms with Gasteiger partial charge in [0.25, 0.3) is 0 Å². The molecule has 6 nitrogen and oxygen atoms in total. The van der Waals surface area contributed by atoms with Gasteiger partial charge in [-0.05, 0) is 12.0 Å². The second-order valence-electron chi connectivity index (χ2n) is 5.59. The van der Waals surface area contributed by atoms with Crippen LogP contribution in [0.1, 0.15) is 17.6 Å². The molecule has 11 heteroatoms. The SMILES string of the molecule is CN=C(NCCc1nc(C(F)(F)F)cs1)NCC(C)Cn1cccn1.I. The summed E-state index contributed by atoms with van der Waals surface area (Å²) in [4.78, 5) is 7.71. The Bertz CT molecular complexity index is 671. The highest BCUT2D eigenvalue weighted by atomic mass is 127. The van der Waals surface area contributed by atoms with Crippen LogP contribution in [0.2, 0.25) is 0 Å². The van der Waals surface area contributed by atoms with Crippen LogP contribution in [0.3, 0.4) is 0 Å². The number of hydrogen-bond acceptors (Lipinski definition) is 4. The average molecular weight is 502 g/mol. The van der Waals surface area contributed by atoms with Crippen molar-refractivity contribution in [2.24, 2.45) is 10.9 Å². The molecule has 2 N–H and O–H groups in total. The van der Waals surface area contributed by atoms with Gasteiger partial charge in [0, 0.05) is 50.9 Å². The van der Waals surface area contributed by atoms with E-state index >= 15 is 0 Å². The molecule has 0 aliphatic rings. The Labute approximate surface area is 171 Å². The minimum Gasteiger partial charge on any atom is -0.356 e. The number of guanidine groups is 1. The zero-order valence-corrected chi connectivity index (χ0v) is 17.6. The summed E-state index contributed by atoms with van der Waals surface area (Å²) in [5.41, 5.74) is -0.831. The molecular weight excluding hydrogens is 480 g/mol. The summed E-state index contributed by atoms with van der Waals surface area (Å²) < 4.78 is 39.4. The summed E-state index contributed by atoms with van der Waals surface area (Å²) >= 11 is 1.01. The normalized spacial score (nSPS) is 13.2. The number of thiazole rings is 1. The van der Waals surface area contributed by atoms with Gasteiger partial charge >= 0.3 is 6.18 Å². The third-order valence-corrected chi connectivity index (χ3v) is 4.28. The van der Waals surface area contributed by atoms with E-state index < -0.39 is 11.9 Å². The van der Waals surface area contributed by atoms with Crippen molar-refractivity contribution in [2.45, 2.75) is 26.1 Å². The number of halogens is 4. The van der Waals surface area contributed by atoms with Crippen molar-refractivity contribution in [1.82, 2.24) is 25.4 Å². The lowest BCUT2D eigenvalue weighted by atomic mass is 10.2. The molecule has 2 aromatic rings. The van der Waals surface area contributed by atoms with Gasteiger partial charge in [0.05, 0.1) is 5.01 Å². The molecule has 0 saturated carbocycles. The first-order chi connectivity index (χ1) is 11.9. The van der Waals surface area contributed by atoms with E-state index in [2.05, 4.69) is 32.6 Å². The van der Waals surface area contributed by atoms with Gasteiger partial charge in [-0.3, -0.25) is 9.67 Å². The van der Waals surface area contributed by atoms with E-state index in [1.165, 1.54) is 0 Å². The number of aliphatic imine (C=N–C) groups is 1. The third kappa shape index (κ3) is 7.48. The van der Waals surface area contributed by atoms with E-state index in [4.69, 9.17) is 0 Å². The van der Waals surface area contributed by atoms with E-state index in [9.17, 15) is 13.2 Å². The summed E-state index contributed by atoms with van der Waals surface area (Å²) in [5, 5.41) is 11.9. The van der Waals surface area contributed by atoms with Crippen molar-refractivity contribution in [3.63, 3.8) is 0 Å². The highest BCUT2D eigenvalue weighted by molar-refractivity contribution is 14.0. The summed E-state index contributed by atoms with van der Waals surface area (Å²) in [7, 11) is 1.65. The van der Waals surface area contributed by atoms with Gasteiger partial charge in [-0.1, -0.05) is 6.92 Å². The van der Waals surface area contributed by atoms with E-state index in [0.717, 1.165) is 23.3 Å². The molecule has 0 bridgehead atoms. The summed E-state index contributed by atoms with van der Waals surface area (Å²) in [5.74, 6) is 0.951. The fourth-order valence-electron chi connectivity index (χ4n) is 2.13. The highest BCUT2D eigenvalue weighted by Gasteiger charge is 2.33. The molecule has 0 aliphatic carbocycles. The second-order valence-corrected chi connectivity index (χ2v) is 6.53. The zero-order valence-electron chi connectivity index (χ0n) is 14.5. The average Bonchev–Trinajstić information content (AvgIpc) is 3.21. The van der Waals surface area contributed by atoms with Gasteiger partial charge in [0.2, 0.25) is 0 Å². The van der Waals surface area contributed by atoms with Crippen LogP contribution in [0.15, 0.2) is 28.8 Å². The Balaban J connectivity index is 0.00000338. The minimum atomic E-state index is -4.38. The first-order valence-electron chi connectivity index (χ1n) is 7.82. The van der Waals surface area contributed by atoms with Gasteiger partial charge in [0.15, 0.2) is 11.7 Å². The first-order valence-corrected chi connectivity index (χ1v) is 8.70. The van der Waals surface area contributed by atoms with Crippen LogP contribution < -0.4 is 10.6 Å². The van der Waals surface area contributed by atoms with Crippen molar-refractivity contribution in [2.75, 3.05) is 20.1 Å². The van der Waals surface area contributed by atoms with E-state index in [1.807, 2.05) is 16.9 Å². The van der Waals surface area contributed by atoms with Gasteiger partial charge in [-0.15, -0.1) is 35.3 Å². The van der Waals surface area contributed by atoms with Crippen molar-refractivity contribution in [3.8, 4) is 0 Å². The van der Waals surface area contributed by atoms with Crippen molar-refractivity contribution in [3.05, 3.63) is 34.5 Å². The van der Waals surface area contributed by atoms with Crippen LogP contribution in [0.4, 0.5) is 13.2 Å². The monoisotopic (exact) mass is 502 g/mol. The summed E-state index contributed by atoms with van der Waals surface area (Å²) in [6, 6.07) is 1.88. The number of nitrogens with one attached hydrogen (secondary N) is 2. The van der Waals surface area contributed by atoms with Crippen LogP contribution in [-0.2, 0) is 19.1 Å². The molecule has 2 rings (SSSR count). The molecule has 0 spiro atoms. The maximum atomic E-state index is 12.5. The number of aromatic nitrogens is 3. The molecule has 0 radical (unpaired) electrons. The lowest BCUT2D eigenvalue weighted by Gasteiger charge is -2.16. The Morgan fingerprint density at radius 3 is 2.73 bits per heavy atom. The van der Waals surface area contributed by atoms with Crippen molar-refractivity contribution >= 4 is 41.3 Å². The van der Waals surface area contributed by atoms with E-state index in [1.54, 1.807) is 13.2 Å². The fourth-order valence-corrected chi connectivity index (χ4v) is 2.93. The van der Waals surface area contributed by atoms with Crippen LogP contribution in [0.5, 0.6) is 0 Å². The van der Waals surface area contributed by atoms with Gasteiger partial charge in [-0.2, -0.15) is 18.3 Å². The smallest absolute Gasteiger partial charge is 0.356 e. The quantitative estimate of drug-likeness (QED) is 0.347.